The summed E-state index contributed by atoms with van der Waals surface area (Å²) < 4.78 is 48.8. The van der Waals surface area contributed by atoms with Crippen LogP contribution in [0.1, 0.15) is 45.9 Å². The summed E-state index contributed by atoms with van der Waals surface area (Å²) >= 11 is 0. The van der Waals surface area contributed by atoms with Gasteiger partial charge in [0.05, 0.1) is 6.61 Å². The van der Waals surface area contributed by atoms with Crippen LogP contribution in [0, 0.1) is 19.7 Å². The van der Waals surface area contributed by atoms with E-state index in [0.717, 1.165) is 38.9 Å². The number of hydrogen-bond acceptors (Lipinski definition) is 6. The lowest BCUT2D eigenvalue weighted by Crippen LogP contribution is -2.33. The number of aryl methyl sites for hydroxylation is 2. The third kappa shape index (κ3) is 9.76. The minimum absolute atomic E-state index is 0.0964. The molecular weight excluding hydrogens is 592 g/mol. The molecule has 0 saturated heterocycles. The van der Waals surface area contributed by atoms with E-state index in [1.54, 1.807) is 26.2 Å². The number of methoxy groups -OCH3 is 1. The fourth-order valence-corrected chi connectivity index (χ4v) is 6.61. The van der Waals surface area contributed by atoms with Gasteiger partial charge in [-0.3, -0.25) is 9.46 Å². The van der Waals surface area contributed by atoms with Gasteiger partial charge in [0.2, 0.25) is 7.37 Å². The normalized spacial score (nSPS) is 12.4. The first kappa shape index (κ1) is 33.9. The summed E-state index contributed by atoms with van der Waals surface area (Å²) in [7, 11) is -1.55. The Labute approximate surface area is 265 Å². The zero-order chi connectivity index (χ0) is 32.4. The zero-order valence-corrected chi connectivity index (χ0v) is 27.4. The predicted molar refractivity (Wildman–Crippen MR) is 176 cm³/mol. The molecule has 4 rings (SSSR count). The van der Waals surface area contributed by atoms with Crippen LogP contribution >= 0.6 is 7.37 Å². The Morgan fingerprint density at radius 1 is 0.867 bits per heavy atom. The maximum atomic E-state index is 13.5. The minimum Gasteiger partial charge on any atom is -0.467 e. The number of amides is 1. The zero-order valence-electron chi connectivity index (χ0n) is 26.5. The molecule has 4 aromatic rings. The number of halogens is 1. The predicted octanol–water partition coefficient (Wildman–Crippen LogP) is 8.65. The molecule has 0 radical (unpaired) electrons. The SMILES string of the molecule is CCOP(C)(=O)CN(C(=O)OCc1ccccc1)c1cc(C)c(Cc2ccc(OCOC)c(Cc3ccc(F)cc3)c2)c(C)c1. The molecule has 0 spiro atoms. The highest BCUT2D eigenvalue weighted by atomic mass is 31.2. The minimum atomic E-state index is -3.13. The van der Waals surface area contributed by atoms with Crippen molar-refractivity contribution in [2.75, 3.05) is 38.4 Å². The van der Waals surface area contributed by atoms with Gasteiger partial charge in [-0.1, -0.05) is 54.6 Å². The first-order valence-electron chi connectivity index (χ1n) is 14.9. The number of benzene rings is 4. The molecule has 0 aliphatic rings. The summed E-state index contributed by atoms with van der Waals surface area (Å²) in [6.45, 7) is 7.80. The molecule has 1 amide bonds. The highest BCUT2D eigenvalue weighted by molar-refractivity contribution is 7.58. The van der Waals surface area contributed by atoms with Crippen molar-refractivity contribution in [2.24, 2.45) is 0 Å². The van der Waals surface area contributed by atoms with Crippen LogP contribution in [0.5, 0.6) is 5.75 Å². The monoisotopic (exact) mass is 633 g/mol. The van der Waals surface area contributed by atoms with Gasteiger partial charge in [-0.15, -0.1) is 0 Å². The van der Waals surface area contributed by atoms with Gasteiger partial charge in [-0.2, -0.15) is 0 Å². The molecule has 0 bridgehead atoms. The van der Waals surface area contributed by atoms with Gasteiger partial charge in [0.1, 0.15) is 24.5 Å². The Balaban J connectivity index is 1.61. The third-order valence-electron chi connectivity index (χ3n) is 7.36. The van der Waals surface area contributed by atoms with Gasteiger partial charge in [0, 0.05) is 25.9 Å². The van der Waals surface area contributed by atoms with Gasteiger partial charge in [0.25, 0.3) is 0 Å². The Morgan fingerprint density at radius 3 is 2.18 bits per heavy atom. The van der Waals surface area contributed by atoms with Crippen molar-refractivity contribution in [1.82, 2.24) is 0 Å². The van der Waals surface area contributed by atoms with Gasteiger partial charge >= 0.3 is 6.09 Å². The molecule has 0 aromatic heterocycles. The van der Waals surface area contributed by atoms with Gasteiger partial charge < -0.3 is 18.7 Å². The number of nitrogens with zero attached hydrogens (tertiary/aromatic N) is 1. The number of carbonyl (C=O) groups excluding carboxylic acids is 1. The summed E-state index contributed by atoms with van der Waals surface area (Å²) in [6, 6.07) is 25.8. The largest absolute Gasteiger partial charge is 0.467 e. The van der Waals surface area contributed by atoms with E-state index >= 15 is 0 Å². The van der Waals surface area contributed by atoms with Crippen molar-refractivity contribution in [2.45, 2.75) is 40.2 Å². The molecular formula is C36H41FNO6P. The Kier molecular flexibility index (Phi) is 11.9. The molecule has 0 heterocycles. The molecule has 45 heavy (non-hydrogen) atoms. The average molecular weight is 634 g/mol. The van der Waals surface area contributed by atoms with E-state index in [0.29, 0.717) is 24.3 Å². The topological polar surface area (TPSA) is 74.3 Å². The van der Waals surface area contributed by atoms with Crippen molar-refractivity contribution in [3.05, 3.63) is 130 Å². The van der Waals surface area contributed by atoms with E-state index in [-0.39, 0.29) is 32.1 Å². The summed E-state index contributed by atoms with van der Waals surface area (Å²) in [5.41, 5.74) is 7.52. The lowest BCUT2D eigenvalue weighted by Gasteiger charge is -2.27. The van der Waals surface area contributed by atoms with Crippen molar-refractivity contribution < 1.29 is 32.5 Å². The molecule has 7 nitrogen and oxygen atoms in total. The van der Waals surface area contributed by atoms with Gasteiger partial charge in [-0.05, 0) is 96.5 Å². The van der Waals surface area contributed by atoms with Crippen molar-refractivity contribution >= 4 is 19.1 Å². The number of carbonyl (C=O) groups is 1. The summed E-state index contributed by atoms with van der Waals surface area (Å²) in [5, 5.41) is 0. The highest BCUT2D eigenvalue weighted by Crippen LogP contribution is 2.44. The molecule has 0 N–H and O–H groups in total. The van der Waals surface area contributed by atoms with Crippen molar-refractivity contribution in [3.63, 3.8) is 0 Å². The first-order chi connectivity index (χ1) is 21.6. The second-order valence-electron chi connectivity index (χ2n) is 11.1. The van der Waals surface area contributed by atoms with Crippen molar-refractivity contribution in [1.29, 1.82) is 0 Å². The molecule has 0 aliphatic heterocycles. The second-order valence-corrected chi connectivity index (χ2v) is 13.6. The number of ether oxygens (including phenoxy) is 3. The van der Waals surface area contributed by atoms with Crippen LogP contribution < -0.4 is 9.64 Å². The molecule has 238 valence electrons. The summed E-state index contributed by atoms with van der Waals surface area (Å²) in [6.07, 6.45) is 0.510. The smallest absolute Gasteiger partial charge is 0.415 e. The van der Waals surface area contributed by atoms with E-state index in [1.807, 2.05) is 68.4 Å². The summed E-state index contributed by atoms with van der Waals surface area (Å²) in [5.74, 6) is 0.428. The van der Waals surface area contributed by atoms with Crippen LogP contribution in [0.2, 0.25) is 0 Å². The molecule has 9 heteroatoms. The van der Waals surface area contributed by atoms with E-state index in [9.17, 15) is 13.8 Å². The number of rotatable bonds is 14. The van der Waals surface area contributed by atoms with Crippen LogP contribution in [0.3, 0.4) is 0 Å². The number of hydrogen-bond donors (Lipinski definition) is 0. The fraction of sp³-hybridized carbons (Fsp3) is 0.306. The van der Waals surface area contributed by atoms with Gasteiger partial charge in [-0.25, -0.2) is 9.18 Å². The Morgan fingerprint density at radius 2 is 1.53 bits per heavy atom. The van der Waals surface area contributed by atoms with Crippen LogP contribution in [0.15, 0.2) is 84.9 Å². The molecule has 1 atom stereocenters. The lowest BCUT2D eigenvalue weighted by atomic mass is 9.93. The molecule has 0 saturated carbocycles. The summed E-state index contributed by atoms with van der Waals surface area (Å²) in [4.78, 5) is 14.8. The van der Waals surface area contributed by atoms with Crippen LogP contribution in [-0.2, 0) is 38.0 Å². The van der Waals surface area contributed by atoms with Crippen LogP contribution in [-0.4, -0.2) is 39.6 Å². The maximum absolute atomic E-state index is 13.5. The Bertz CT molecular complexity index is 1600. The van der Waals surface area contributed by atoms with E-state index in [1.165, 1.54) is 23.7 Å². The fourth-order valence-electron chi connectivity index (χ4n) is 5.19. The molecule has 0 aliphatic carbocycles. The highest BCUT2D eigenvalue weighted by Gasteiger charge is 2.27. The van der Waals surface area contributed by atoms with Crippen molar-refractivity contribution in [3.8, 4) is 5.75 Å². The van der Waals surface area contributed by atoms with E-state index in [2.05, 4.69) is 6.07 Å². The van der Waals surface area contributed by atoms with Crippen LogP contribution in [0.25, 0.3) is 0 Å². The maximum Gasteiger partial charge on any atom is 0.415 e. The quantitative estimate of drug-likeness (QED) is 0.102. The Hall–Kier alpha value is -3.97. The number of anilines is 1. The third-order valence-corrected chi connectivity index (χ3v) is 8.97. The standard InChI is InChI=1S/C36H41FNO6P/c1-6-44-45(5,40)24-38(36(39)42-23-29-10-8-7-9-11-29)33-18-26(2)34(27(3)19-33)22-30-14-17-35(43-25-41-4)31(21-30)20-28-12-15-32(37)16-13-28/h7-19,21H,6,20,22-25H2,1-5H3. The van der Waals surface area contributed by atoms with E-state index < -0.39 is 13.5 Å². The lowest BCUT2D eigenvalue weighted by molar-refractivity contribution is 0.0505. The molecule has 4 aromatic carbocycles. The molecule has 1 unspecified atom stereocenters. The average Bonchev–Trinajstić information content (AvgIpc) is 3.01. The molecule has 0 fully saturated rings. The van der Waals surface area contributed by atoms with Crippen LogP contribution in [0.4, 0.5) is 14.9 Å². The van der Waals surface area contributed by atoms with E-state index in [4.69, 9.17) is 18.7 Å². The first-order valence-corrected chi connectivity index (χ1v) is 17.1. The van der Waals surface area contributed by atoms with Gasteiger partial charge in [0.15, 0.2) is 6.79 Å². The second kappa shape index (κ2) is 15.8.